The van der Waals surface area contributed by atoms with Gasteiger partial charge in [0.05, 0.1) is 25.8 Å². The number of hydrogen-bond donors (Lipinski definition) is 1. The fourth-order valence-corrected chi connectivity index (χ4v) is 5.57. The monoisotopic (exact) mass is 530 g/mol. The van der Waals surface area contributed by atoms with Gasteiger partial charge in [0.25, 0.3) is 0 Å². The van der Waals surface area contributed by atoms with Crippen molar-refractivity contribution in [2.24, 2.45) is 10.9 Å². The van der Waals surface area contributed by atoms with Crippen LogP contribution in [0.5, 0.6) is 11.5 Å². The number of benzene rings is 3. The molecule has 8 heteroatoms. The number of allylic oxidation sites excluding steroid dienone is 2. The molecule has 1 aliphatic carbocycles. The lowest BCUT2D eigenvalue weighted by Gasteiger charge is -2.37. The van der Waals surface area contributed by atoms with E-state index >= 15 is 0 Å². The summed E-state index contributed by atoms with van der Waals surface area (Å²) in [5.74, 6) is -3.01. The number of aliphatic imine (C=N–C) groups is 1. The summed E-state index contributed by atoms with van der Waals surface area (Å²) in [6.45, 7) is 1.73. The molecule has 39 heavy (non-hydrogen) atoms. The van der Waals surface area contributed by atoms with Crippen LogP contribution in [0.4, 0.5) is 14.5 Å². The number of halogens is 2. The number of anilines is 1. The predicted molar refractivity (Wildman–Crippen MR) is 144 cm³/mol. The van der Waals surface area contributed by atoms with Crippen LogP contribution < -0.4 is 14.8 Å². The van der Waals surface area contributed by atoms with Crippen molar-refractivity contribution >= 4 is 23.1 Å². The van der Waals surface area contributed by atoms with Gasteiger partial charge in [0.15, 0.2) is 5.78 Å². The molecule has 0 aromatic heterocycles. The normalized spacial score (nSPS) is 20.7. The molecule has 1 heterocycles. The highest BCUT2D eigenvalue weighted by atomic mass is 19.1. The Labute approximate surface area is 225 Å². The summed E-state index contributed by atoms with van der Waals surface area (Å²) < 4.78 is 38.9. The van der Waals surface area contributed by atoms with Crippen LogP contribution in [0.1, 0.15) is 42.7 Å². The summed E-state index contributed by atoms with van der Waals surface area (Å²) in [6.07, 6.45) is 0.811. The van der Waals surface area contributed by atoms with Crippen molar-refractivity contribution in [3.05, 3.63) is 101 Å². The zero-order valence-electron chi connectivity index (χ0n) is 21.8. The average molecular weight is 531 g/mol. The Balaban J connectivity index is 1.61. The minimum atomic E-state index is -0.937. The number of carbonyl (C=O) groups is 2. The predicted octanol–water partition coefficient (Wildman–Crippen LogP) is 6.20. The van der Waals surface area contributed by atoms with Crippen molar-refractivity contribution in [3.8, 4) is 11.5 Å². The summed E-state index contributed by atoms with van der Waals surface area (Å²) in [5.41, 5.74) is 3.09. The maximum Gasteiger partial charge on any atom is 0.234 e. The highest BCUT2D eigenvalue weighted by molar-refractivity contribution is 6.13. The molecule has 0 saturated heterocycles. The first-order chi connectivity index (χ1) is 18.8. The highest BCUT2D eigenvalue weighted by Gasteiger charge is 2.45. The van der Waals surface area contributed by atoms with Gasteiger partial charge in [-0.25, -0.2) is 8.78 Å². The lowest BCUT2D eigenvalue weighted by molar-refractivity contribution is -0.119. The molecule has 3 atom stereocenters. The topological polar surface area (TPSA) is 77.0 Å². The lowest BCUT2D eigenvalue weighted by atomic mass is 9.68. The van der Waals surface area contributed by atoms with E-state index in [2.05, 4.69) is 5.32 Å². The molecule has 0 saturated carbocycles. The molecule has 3 aromatic rings. The fraction of sp³-hybridized carbons (Fsp3) is 0.258. The maximum atomic E-state index is 14.4. The van der Waals surface area contributed by atoms with Gasteiger partial charge >= 0.3 is 0 Å². The Morgan fingerprint density at radius 3 is 2.44 bits per heavy atom. The summed E-state index contributed by atoms with van der Waals surface area (Å²) in [5, 5.41) is 2.58. The number of nitrogens with zero attached hydrogens (tertiary/aromatic N) is 1. The van der Waals surface area contributed by atoms with Gasteiger partial charge in [0, 0.05) is 47.0 Å². The molecule has 0 spiro atoms. The second kappa shape index (κ2) is 10.8. The second-order valence-electron chi connectivity index (χ2n) is 9.73. The summed E-state index contributed by atoms with van der Waals surface area (Å²) >= 11 is 0. The third-order valence-corrected chi connectivity index (χ3v) is 7.41. The van der Waals surface area contributed by atoms with Crippen LogP contribution in [0.3, 0.4) is 0 Å². The van der Waals surface area contributed by atoms with E-state index in [1.54, 1.807) is 25.1 Å². The zero-order valence-corrected chi connectivity index (χ0v) is 21.8. The van der Waals surface area contributed by atoms with E-state index < -0.39 is 29.4 Å². The van der Waals surface area contributed by atoms with Gasteiger partial charge in [-0.1, -0.05) is 36.4 Å². The van der Waals surface area contributed by atoms with E-state index in [-0.39, 0.29) is 23.8 Å². The average Bonchev–Trinajstić information content (AvgIpc) is 2.93. The van der Waals surface area contributed by atoms with E-state index in [0.29, 0.717) is 46.5 Å². The van der Waals surface area contributed by atoms with Crippen LogP contribution in [0, 0.1) is 17.6 Å². The molecular weight excluding hydrogens is 502 g/mol. The number of Topliss-reactive ketones (excluding diaryl/α,β-unsaturated/α-hetero) is 1. The molecule has 6 nitrogen and oxygen atoms in total. The first kappa shape index (κ1) is 26.3. The second-order valence-corrected chi connectivity index (χ2v) is 9.73. The van der Waals surface area contributed by atoms with Gasteiger partial charge in [-0.15, -0.1) is 0 Å². The molecule has 200 valence electrons. The number of methoxy groups -OCH3 is 2. The minimum absolute atomic E-state index is 0.0360. The number of ketones is 1. The molecular formula is C31H28F2N2O4. The van der Waals surface area contributed by atoms with E-state index in [1.165, 1.54) is 20.3 Å². The number of ether oxygens (including phenoxy) is 2. The Kier molecular flexibility index (Phi) is 7.28. The Morgan fingerprint density at radius 2 is 1.74 bits per heavy atom. The lowest BCUT2D eigenvalue weighted by Crippen LogP contribution is -2.40. The quantitative estimate of drug-likeness (QED) is 0.412. The third-order valence-electron chi connectivity index (χ3n) is 7.41. The molecule has 1 unspecified atom stereocenters. The van der Waals surface area contributed by atoms with Crippen LogP contribution >= 0.6 is 0 Å². The highest BCUT2D eigenvalue weighted by Crippen LogP contribution is 2.49. The zero-order chi connectivity index (χ0) is 27.7. The largest absolute Gasteiger partial charge is 0.497 e. The van der Waals surface area contributed by atoms with Crippen molar-refractivity contribution in [1.82, 2.24) is 0 Å². The van der Waals surface area contributed by atoms with Crippen LogP contribution in [-0.2, 0) is 9.59 Å². The minimum Gasteiger partial charge on any atom is -0.497 e. The third kappa shape index (κ3) is 5.06. The van der Waals surface area contributed by atoms with Gasteiger partial charge in [-0.3, -0.25) is 14.6 Å². The van der Waals surface area contributed by atoms with Gasteiger partial charge in [-0.2, -0.15) is 0 Å². The van der Waals surface area contributed by atoms with Crippen molar-refractivity contribution in [2.45, 2.75) is 31.6 Å². The SMILES string of the molecule is COc1ccc([C@@H]2C3=C(C[C@@H](c4ccccc4)CC3=O)N=C(C)C2C(=O)Nc2ccc(F)cc2F)c(OC)c1. The first-order valence-electron chi connectivity index (χ1n) is 12.6. The molecule has 1 amide bonds. The van der Waals surface area contributed by atoms with E-state index in [9.17, 15) is 18.4 Å². The van der Waals surface area contributed by atoms with Crippen molar-refractivity contribution in [1.29, 1.82) is 0 Å². The van der Waals surface area contributed by atoms with E-state index in [0.717, 1.165) is 11.6 Å². The van der Waals surface area contributed by atoms with Crippen molar-refractivity contribution < 1.29 is 27.8 Å². The van der Waals surface area contributed by atoms with Crippen LogP contribution in [-0.4, -0.2) is 31.6 Å². The molecule has 5 rings (SSSR count). The number of hydrogen-bond acceptors (Lipinski definition) is 5. The summed E-state index contributed by atoms with van der Waals surface area (Å²) in [4.78, 5) is 32.3. The maximum absolute atomic E-state index is 14.4. The number of rotatable bonds is 6. The fourth-order valence-electron chi connectivity index (χ4n) is 5.57. The van der Waals surface area contributed by atoms with E-state index in [1.807, 2.05) is 30.3 Å². The number of amides is 1. The van der Waals surface area contributed by atoms with Gasteiger partial charge < -0.3 is 14.8 Å². The molecule has 0 radical (unpaired) electrons. The van der Waals surface area contributed by atoms with Crippen LogP contribution in [0.25, 0.3) is 0 Å². The van der Waals surface area contributed by atoms with E-state index in [4.69, 9.17) is 14.5 Å². The molecule has 0 fully saturated rings. The molecule has 2 aliphatic rings. The van der Waals surface area contributed by atoms with Crippen LogP contribution in [0.2, 0.25) is 0 Å². The molecule has 0 bridgehead atoms. The van der Waals surface area contributed by atoms with Crippen LogP contribution in [0.15, 0.2) is 83.0 Å². The van der Waals surface area contributed by atoms with Crippen molar-refractivity contribution in [3.63, 3.8) is 0 Å². The van der Waals surface area contributed by atoms with Gasteiger partial charge in [0.2, 0.25) is 5.91 Å². The Morgan fingerprint density at radius 1 is 0.974 bits per heavy atom. The molecule has 1 aliphatic heterocycles. The Bertz CT molecular complexity index is 1500. The summed E-state index contributed by atoms with van der Waals surface area (Å²) in [6, 6.07) is 18.0. The molecule has 3 aromatic carbocycles. The van der Waals surface area contributed by atoms with Crippen molar-refractivity contribution in [2.75, 3.05) is 19.5 Å². The Hall–Kier alpha value is -4.33. The summed E-state index contributed by atoms with van der Waals surface area (Å²) in [7, 11) is 3.04. The smallest absolute Gasteiger partial charge is 0.234 e. The molecule has 1 N–H and O–H groups in total. The standard InChI is InChI=1S/C31H28F2N2O4/c1-17-28(31(37)35-24-12-9-20(32)15-23(24)33)29(22-11-10-21(38-2)16-27(22)39-3)30-25(34-17)13-19(14-26(30)36)18-7-5-4-6-8-18/h4-12,15-16,19,28-29H,13-14H2,1-3H3,(H,35,37)/t19-,28?,29+/m1/s1. The van der Waals surface area contributed by atoms with Gasteiger partial charge in [-0.05, 0) is 43.0 Å². The number of carbonyl (C=O) groups excluding carboxylic acids is 2. The number of nitrogens with one attached hydrogen (secondary N) is 1. The van der Waals surface area contributed by atoms with Gasteiger partial charge in [0.1, 0.15) is 23.1 Å². The first-order valence-corrected chi connectivity index (χ1v) is 12.6.